The van der Waals surface area contributed by atoms with E-state index in [0.717, 1.165) is 22.4 Å². The number of rotatable bonds is 5. The minimum Gasteiger partial charge on any atom is -0.493 e. The number of aryl methyl sites for hydroxylation is 2. The third-order valence-electron chi connectivity index (χ3n) is 4.89. The van der Waals surface area contributed by atoms with Gasteiger partial charge >= 0.3 is 0 Å². The van der Waals surface area contributed by atoms with Gasteiger partial charge in [-0.3, -0.25) is 9.36 Å². The summed E-state index contributed by atoms with van der Waals surface area (Å²) in [5.74, 6) is 1.06. The largest absolute Gasteiger partial charge is 0.493 e. The van der Waals surface area contributed by atoms with Crippen LogP contribution in [0.1, 0.15) is 16.7 Å². The quantitative estimate of drug-likeness (QED) is 0.503. The lowest BCUT2D eigenvalue weighted by atomic mass is 10.1. The lowest BCUT2D eigenvalue weighted by Crippen LogP contribution is -2.19. The molecule has 0 unspecified atom stereocenters. The minimum atomic E-state index is -0.144. The second-order valence-corrected chi connectivity index (χ2v) is 7.00. The third-order valence-corrected chi connectivity index (χ3v) is 4.89. The van der Waals surface area contributed by atoms with Crippen LogP contribution in [0.4, 0.5) is 0 Å². The molecule has 0 N–H and O–H groups in total. The van der Waals surface area contributed by atoms with Crippen LogP contribution in [0.2, 0.25) is 0 Å². The van der Waals surface area contributed by atoms with Crippen molar-refractivity contribution in [3.05, 3.63) is 94.0 Å². The molecule has 0 saturated heterocycles. The number of aromatic nitrogens is 2. The Hall–Kier alpha value is -3.60. The molecule has 0 aliphatic rings. The zero-order valence-electron chi connectivity index (χ0n) is 16.7. The van der Waals surface area contributed by atoms with Gasteiger partial charge < -0.3 is 9.47 Å². The molecule has 29 heavy (non-hydrogen) atoms. The van der Waals surface area contributed by atoms with Crippen molar-refractivity contribution in [1.82, 2.24) is 9.55 Å². The van der Waals surface area contributed by atoms with Crippen molar-refractivity contribution in [3.63, 3.8) is 0 Å². The average Bonchev–Trinajstić information content (AvgIpc) is 2.73. The molecule has 5 nitrogen and oxygen atoms in total. The van der Waals surface area contributed by atoms with Crippen LogP contribution >= 0.6 is 0 Å². The molecule has 0 amide bonds. The maximum absolute atomic E-state index is 13.2. The number of hydrogen-bond donors (Lipinski definition) is 0. The minimum absolute atomic E-state index is 0.144. The van der Waals surface area contributed by atoms with Crippen LogP contribution in [0.15, 0.2) is 71.8 Å². The number of nitrogens with zero attached hydrogens (tertiary/aromatic N) is 2. The van der Waals surface area contributed by atoms with Gasteiger partial charge in [-0.15, -0.1) is 0 Å². The van der Waals surface area contributed by atoms with Crippen LogP contribution in [0, 0.1) is 13.8 Å². The molecule has 1 aromatic heterocycles. The molecule has 0 radical (unpaired) electrons. The number of fused-ring (bicyclic) bond motifs is 1. The zero-order valence-corrected chi connectivity index (χ0v) is 16.7. The van der Waals surface area contributed by atoms with Crippen LogP contribution in [-0.2, 0) is 6.61 Å². The third kappa shape index (κ3) is 3.72. The SMILES string of the molecule is COc1cc2c(=O)n(-c3ccc(C)cc3C)cnc2cc1OCc1ccccc1. The zero-order chi connectivity index (χ0) is 20.4. The van der Waals surface area contributed by atoms with Crippen LogP contribution in [0.3, 0.4) is 0 Å². The maximum atomic E-state index is 13.2. The van der Waals surface area contributed by atoms with E-state index >= 15 is 0 Å². The number of ether oxygens (including phenoxy) is 2. The Morgan fingerprint density at radius 3 is 2.48 bits per heavy atom. The molecule has 0 atom stereocenters. The van der Waals surface area contributed by atoms with E-state index in [9.17, 15) is 4.79 Å². The molecule has 0 saturated carbocycles. The molecule has 4 aromatic rings. The van der Waals surface area contributed by atoms with E-state index in [2.05, 4.69) is 4.98 Å². The Morgan fingerprint density at radius 1 is 0.966 bits per heavy atom. The van der Waals surface area contributed by atoms with Crippen molar-refractivity contribution in [1.29, 1.82) is 0 Å². The first-order chi connectivity index (χ1) is 14.1. The van der Waals surface area contributed by atoms with Crippen LogP contribution in [0.25, 0.3) is 16.6 Å². The summed E-state index contributed by atoms with van der Waals surface area (Å²) in [7, 11) is 1.57. The molecule has 0 bridgehead atoms. The highest BCUT2D eigenvalue weighted by Gasteiger charge is 2.13. The summed E-state index contributed by atoms with van der Waals surface area (Å²) in [5.41, 5.74) is 4.46. The fourth-order valence-corrected chi connectivity index (χ4v) is 3.38. The van der Waals surface area contributed by atoms with Crippen molar-refractivity contribution in [2.24, 2.45) is 0 Å². The summed E-state index contributed by atoms with van der Waals surface area (Å²) in [6, 6.07) is 19.3. The van der Waals surface area contributed by atoms with Crippen molar-refractivity contribution >= 4 is 10.9 Å². The number of hydrogen-bond acceptors (Lipinski definition) is 4. The summed E-state index contributed by atoms with van der Waals surface area (Å²) in [5, 5.41) is 0.483. The van der Waals surface area contributed by atoms with Crippen LogP contribution < -0.4 is 15.0 Å². The van der Waals surface area contributed by atoms with Crippen molar-refractivity contribution in [2.45, 2.75) is 20.5 Å². The highest BCUT2D eigenvalue weighted by atomic mass is 16.5. The van der Waals surface area contributed by atoms with E-state index in [-0.39, 0.29) is 5.56 Å². The van der Waals surface area contributed by atoms with E-state index < -0.39 is 0 Å². The highest BCUT2D eigenvalue weighted by Crippen LogP contribution is 2.31. The Morgan fingerprint density at radius 2 is 1.76 bits per heavy atom. The second kappa shape index (κ2) is 7.80. The molecule has 5 heteroatoms. The van der Waals surface area contributed by atoms with E-state index in [4.69, 9.17) is 9.47 Å². The first-order valence-corrected chi connectivity index (χ1v) is 9.40. The summed E-state index contributed by atoms with van der Waals surface area (Å²) < 4.78 is 13.0. The predicted molar refractivity (Wildman–Crippen MR) is 114 cm³/mol. The van der Waals surface area contributed by atoms with Gasteiger partial charge in [0, 0.05) is 6.07 Å². The van der Waals surface area contributed by atoms with E-state index in [1.165, 1.54) is 0 Å². The summed E-state index contributed by atoms with van der Waals surface area (Å²) in [6.45, 7) is 4.42. The fourth-order valence-electron chi connectivity index (χ4n) is 3.38. The van der Waals surface area contributed by atoms with Gasteiger partial charge in [0.15, 0.2) is 11.5 Å². The normalized spacial score (nSPS) is 10.9. The van der Waals surface area contributed by atoms with Gasteiger partial charge in [0.25, 0.3) is 5.56 Å². The van der Waals surface area contributed by atoms with Gasteiger partial charge in [-0.05, 0) is 37.1 Å². The average molecular weight is 386 g/mol. The summed E-state index contributed by atoms with van der Waals surface area (Å²) >= 11 is 0. The molecule has 0 fully saturated rings. The molecular formula is C24H22N2O3. The molecule has 0 aliphatic carbocycles. The fraction of sp³-hybridized carbons (Fsp3) is 0.167. The lowest BCUT2D eigenvalue weighted by Gasteiger charge is -2.14. The van der Waals surface area contributed by atoms with Gasteiger partial charge in [0.05, 0.1) is 23.7 Å². The maximum Gasteiger partial charge on any atom is 0.265 e. The standard InChI is InChI=1S/C24H22N2O3/c1-16-9-10-21(17(2)11-16)26-15-25-20-13-23(22(28-3)12-19(20)24(26)27)29-14-18-7-5-4-6-8-18/h4-13,15H,14H2,1-3H3. The van der Waals surface area contributed by atoms with Crippen LogP contribution in [0.5, 0.6) is 11.5 Å². The Labute approximate surface area is 169 Å². The summed E-state index contributed by atoms with van der Waals surface area (Å²) in [6.07, 6.45) is 1.57. The monoisotopic (exact) mass is 386 g/mol. The van der Waals surface area contributed by atoms with Gasteiger partial charge in [-0.2, -0.15) is 0 Å². The van der Waals surface area contributed by atoms with Crippen LogP contribution in [-0.4, -0.2) is 16.7 Å². The van der Waals surface area contributed by atoms with E-state index in [1.807, 2.05) is 62.4 Å². The lowest BCUT2D eigenvalue weighted by molar-refractivity contribution is 0.285. The van der Waals surface area contributed by atoms with Gasteiger partial charge in [0.2, 0.25) is 0 Å². The van der Waals surface area contributed by atoms with Crippen molar-refractivity contribution in [3.8, 4) is 17.2 Å². The van der Waals surface area contributed by atoms with Gasteiger partial charge in [-0.1, -0.05) is 48.0 Å². The van der Waals surface area contributed by atoms with Gasteiger partial charge in [-0.25, -0.2) is 4.98 Å². The molecule has 3 aromatic carbocycles. The van der Waals surface area contributed by atoms with E-state index in [1.54, 1.807) is 30.1 Å². The smallest absolute Gasteiger partial charge is 0.265 e. The highest BCUT2D eigenvalue weighted by molar-refractivity contribution is 5.82. The molecule has 1 heterocycles. The Kier molecular flexibility index (Phi) is 5.04. The summed E-state index contributed by atoms with van der Waals surface area (Å²) in [4.78, 5) is 17.7. The predicted octanol–water partition coefficient (Wildman–Crippen LogP) is 4.59. The molecule has 4 rings (SSSR count). The van der Waals surface area contributed by atoms with Gasteiger partial charge in [0.1, 0.15) is 12.9 Å². The first kappa shape index (κ1) is 18.7. The first-order valence-electron chi connectivity index (χ1n) is 9.40. The second-order valence-electron chi connectivity index (χ2n) is 7.00. The number of benzene rings is 3. The molecule has 0 aliphatic heterocycles. The topological polar surface area (TPSA) is 53.4 Å². The number of methoxy groups -OCH3 is 1. The Bertz CT molecular complexity index is 1230. The molecular weight excluding hydrogens is 364 g/mol. The Balaban J connectivity index is 1.76. The van der Waals surface area contributed by atoms with E-state index in [0.29, 0.717) is 29.0 Å². The molecule has 146 valence electrons. The molecule has 0 spiro atoms. The van der Waals surface area contributed by atoms with Crippen molar-refractivity contribution < 1.29 is 9.47 Å². The van der Waals surface area contributed by atoms with Crippen molar-refractivity contribution in [2.75, 3.05) is 7.11 Å².